The van der Waals surface area contributed by atoms with Gasteiger partial charge in [-0.2, -0.15) is 26.6 Å². The topological polar surface area (TPSA) is 69.8 Å². The molecule has 0 radical (unpaired) electrons. The highest BCUT2D eigenvalue weighted by Gasteiger charge is 2.19. The van der Waals surface area contributed by atoms with Crippen LogP contribution in [-0.4, -0.2) is 37.4 Å². The van der Waals surface area contributed by atoms with Crippen molar-refractivity contribution in [2.45, 2.75) is 13.3 Å². The smallest absolute Gasteiger partial charge is 0.282 e. The van der Waals surface area contributed by atoms with Crippen molar-refractivity contribution in [3.8, 4) is 16.9 Å². The molecule has 1 atom stereocenters. The Kier molecular flexibility index (Phi) is 6.36. The third-order valence-electron chi connectivity index (χ3n) is 4.27. The molecule has 0 saturated carbocycles. The second kappa shape index (κ2) is 8.75. The Morgan fingerprint density at radius 3 is 2.61 bits per heavy atom. The Morgan fingerprint density at radius 2 is 2.00 bits per heavy atom. The van der Waals surface area contributed by atoms with Gasteiger partial charge in [-0.25, -0.2) is 0 Å². The highest BCUT2D eigenvalue weighted by molar-refractivity contribution is 7.98. The van der Waals surface area contributed by atoms with E-state index in [1.807, 2.05) is 25.3 Å². The number of nitrogens with zero attached hydrogens (tertiary/aromatic N) is 4. The molecular formula is C20H21ClN4O2S. The van der Waals surface area contributed by atoms with E-state index >= 15 is 0 Å². The van der Waals surface area contributed by atoms with Crippen LogP contribution in [0.4, 0.5) is 0 Å². The minimum absolute atomic E-state index is 0.136. The molecule has 146 valence electrons. The molecule has 3 rings (SSSR count). The first-order chi connectivity index (χ1) is 13.4. The lowest BCUT2D eigenvalue weighted by molar-refractivity contribution is 0.0966. The number of hydrogen-bond acceptors (Lipinski definition) is 5. The Labute approximate surface area is 172 Å². The van der Waals surface area contributed by atoms with Crippen molar-refractivity contribution in [1.82, 2.24) is 19.6 Å². The van der Waals surface area contributed by atoms with Crippen molar-refractivity contribution in [3.63, 3.8) is 0 Å². The van der Waals surface area contributed by atoms with Crippen molar-refractivity contribution >= 4 is 29.1 Å². The first-order valence-electron chi connectivity index (χ1n) is 8.80. The minimum atomic E-state index is -0.438. The van der Waals surface area contributed by atoms with Gasteiger partial charge >= 0.3 is 0 Å². The summed E-state index contributed by atoms with van der Waals surface area (Å²) in [5.41, 5.74) is 1.51. The molecule has 0 aliphatic carbocycles. The zero-order chi connectivity index (χ0) is 20.3. The fourth-order valence-corrected chi connectivity index (χ4v) is 3.73. The number of Topliss-reactive ketones (excluding diaryl/α,β-unsaturated/α-hetero) is 1. The second-order valence-corrected chi connectivity index (χ2v) is 8.07. The lowest BCUT2D eigenvalue weighted by atomic mass is 10.0. The summed E-state index contributed by atoms with van der Waals surface area (Å²) in [4.78, 5) is 25.9. The number of carbonyl (C=O) groups excluding carboxylic acids is 1. The van der Waals surface area contributed by atoms with Gasteiger partial charge in [0.15, 0.2) is 5.78 Å². The van der Waals surface area contributed by atoms with Crippen LogP contribution in [0.3, 0.4) is 0 Å². The number of rotatable bonds is 7. The van der Waals surface area contributed by atoms with Gasteiger partial charge in [0.05, 0.1) is 23.7 Å². The lowest BCUT2D eigenvalue weighted by Crippen LogP contribution is -2.28. The summed E-state index contributed by atoms with van der Waals surface area (Å²) in [6, 6.07) is 8.70. The number of aryl methyl sites for hydroxylation is 1. The number of thioether (sulfide) groups is 1. The van der Waals surface area contributed by atoms with E-state index in [4.69, 9.17) is 11.6 Å². The first kappa shape index (κ1) is 20.4. The number of hydrogen-bond donors (Lipinski definition) is 0. The molecule has 2 aromatic heterocycles. The summed E-state index contributed by atoms with van der Waals surface area (Å²) >= 11 is 7.66. The molecule has 0 N–H and O–H groups in total. The van der Waals surface area contributed by atoms with Gasteiger partial charge in [-0.15, -0.1) is 0 Å². The average molecular weight is 417 g/mol. The van der Waals surface area contributed by atoms with Gasteiger partial charge in [-0.3, -0.25) is 14.3 Å². The number of ketones is 1. The molecule has 6 nitrogen and oxygen atoms in total. The Balaban J connectivity index is 2.12. The Hall–Kier alpha value is -2.38. The van der Waals surface area contributed by atoms with Gasteiger partial charge < -0.3 is 0 Å². The van der Waals surface area contributed by atoms with Crippen molar-refractivity contribution in [3.05, 3.63) is 63.7 Å². The van der Waals surface area contributed by atoms with E-state index in [0.717, 1.165) is 11.3 Å². The molecule has 2 heterocycles. The van der Waals surface area contributed by atoms with E-state index in [2.05, 4.69) is 10.2 Å². The highest BCUT2D eigenvalue weighted by atomic mass is 35.5. The maximum absolute atomic E-state index is 13.0. The standard InChI is InChI=1S/C20H21ClN4O2S/c1-13(12-28-3)8-19(26)17-9-18(14-4-6-15(21)7-5-14)23-25(20(17)27)16-10-22-24(2)11-16/h4-7,9-11,13H,8,12H2,1-3H3/t13-/m1/s1. The number of halogens is 1. The zero-order valence-corrected chi connectivity index (χ0v) is 17.5. The van der Waals surface area contributed by atoms with Gasteiger partial charge in [-0.1, -0.05) is 30.7 Å². The van der Waals surface area contributed by atoms with Crippen LogP contribution in [0.15, 0.2) is 47.5 Å². The molecule has 0 amide bonds. The second-order valence-electron chi connectivity index (χ2n) is 6.73. The van der Waals surface area contributed by atoms with Crippen LogP contribution in [0.25, 0.3) is 16.9 Å². The molecule has 0 saturated heterocycles. The zero-order valence-electron chi connectivity index (χ0n) is 15.9. The maximum Gasteiger partial charge on any atom is 0.282 e. The molecule has 8 heteroatoms. The Morgan fingerprint density at radius 1 is 1.29 bits per heavy atom. The number of benzene rings is 1. The van der Waals surface area contributed by atoms with Crippen molar-refractivity contribution in [2.75, 3.05) is 12.0 Å². The van der Waals surface area contributed by atoms with Gasteiger partial charge in [0, 0.05) is 24.1 Å². The molecule has 0 spiro atoms. The van der Waals surface area contributed by atoms with E-state index in [1.54, 1.807) is 54.1 Å². The third-order valence-corrected chi connectivity index (χ3v) is 5.43. The third kappa shape index (κ3) is 4.54. The van der Waals surface area contributed by atoms with Crippen LogP contribution in [0, 0.1) is 5.92 Å². The summed E-state index contributed by atoms with van der Waals surface area (Å²) in [7, 11) is 1.76. The normalized spacial score (nSPS) is 12.1. The van der Waals surface area contributed by atoms with Gasteiger partial charge in [-0.05, 0) is 36.1 Å². The Bertz CT molecular complexity index is 1040. The average Bonchev–Trinajstić information content (AvgIpc) is 3.09. The summed E-state index contributed by atoms with van der Waals surface area (Å²) in [5, 5.41) is 9.18. The quantitative estimate of drug-likeness (QED) is 0.547. The van der Waals surface area contributed by atoms with Crippen molar-refractivity contribution < 1.29 is 4.79 Å². The van der Waals surface area contributed by atoms with Crippen LogP contribution >= 0.6 is 23.4 Å². The van der Waals surface area contributed by atoms with E-state index in [0.29, 0.717) is 22.8 Å². The molecule has 3 aromatic rings. The molecule has 1 aromatic carbocycles. The predicted octanol–water partition coefficient (Wildman–Crippen LogP) is 3.86. The first-order valence-corrected chi connectivity index (χ1v) is 10.6. The van der Waals surface area contributed by atoms with Crippen molar-refractivity contribution in [2.24, 2.45) is 13.0 Å². The minimum Gasteiger partial charge on any atom is -0.294 e. The van der Waals surface area contributed by atoms with E-state index in [-0.39, 0.29) is 17.3 Å². The number of carbonyl (C=O) groups is 1. The van der Waals surface area contributed by atoms with Crippen LogP contribution in [0.1, 0.15) is 23.7 Å². The number of aromatic nitrogens is 4. The van der Waals surface area contributed by atoms with Crippen LogP contribution in [0.2, 0.25) is 5.02 Å². The van der Waals surface area contributed by atoms with Gasteiger partial charge in [0.25, 0.3) is 5.56 Å². The van der Waals surface area contributed by atoms with Gasteiger partial charge in [0.1, 0.15) is 5.69 Å². The summed E-state index contributed by atoms with van der Waals surface area (Å²) in [6.07, 6.45) is 5.55. The fourth-order valence-electron chi connectivity index (χ4n) is 2.92. The van der Waals surface area contributed by atoms with E-state index in [9.17, 15) is 9.59 Å². The summed E-state index contributed by atoms with van der Waals surface area (Å²) < 4.78 is 2.82. The van der Waals surface area contributed by atoms with Crippen LogP contribution in [0.5, 0.6) is 0 Å². The molecule has 0 bridgehead atoms. The highest BCUT2D eigenvalue weighted by Crippen LogP contribution is 2.21. The summed E-state index contributed by atoms with van der Waals surface area (Å²) in [5.74, 6) is 0.861. The molecule has 0 fully saturated rings. The van der Waals surface area contributed by atoms with E-state index < -0.39 is 5.56 Å². The summed E-state index contributed by atoms with van der Waals surface area (Å²) in [6.45, 7) is 2.01. The van der Waals surface area contributed by atoms with Crippen LogP contribution in [-0.2, 0) is 7.05 Å². The SMILES string of the molecule is CSC[C@H](C)CC(=O)c1cc(-c2ccc(Cl)cc2)nn(-c2cnn(C)c2)c1=O. The largest absolute Gasteiger partial charge is 0.294 e. The molecule has 28 heavy (non-hydrogen) atoms. The predicted molar refractivity (Wildman–Crippen MR) is 114 cm³/mol. The van der Waals surface area contributed by atoms with Crippen molar-refractivity contribution in [1.29, 1.82) is 0 Å². The van der Waals surface area contributed by atoms with Gasteiger partial charge in [0.2, 0.25) is 0 Å². The van der Waals surface area contributed by atoms with Crippen LogP contribution < -0.4 is 5.56 Å². The lowest BCUT2D eigenvalue weighted by Gasteiger charge is -2.11. The molecule has 0 aliphatic heterocycles. The van der Waals surface area contributed by atoms with E-state index in [1.165, 1.54) is 4.68 Å². The molecule has 0 unspecified atom stereocenters. The fraction of sp³-hybridized carbons (Fsp3) is 0.300. The molecular weight excluding hydrogens is 396 g/mol. The maximum atomic E-state index is 13.0. The molecule has 0 aliphatic rings. The monoisotopic (exact) mass is 416 g/mol.